The highest BCUT2D eigenvalue weighted by Gasteiger charge is 2.28. The minimum atomic E-state index is -0.608. The van der Waals surface area contributed by atoms with Gasteiger partial charge in [-0.15, -0.1) is 0 Å². The Morgan fingerprint density at radius 3 is 1.89 bits per heavy atom. The number of hydrogen-bond donors (Lipinski definition) is 0. The van der Waals surface area contributed by atoms with Crippen molar-refractivity contribution in [2.75, 3.05) is 13.2 Å². The van der Waals surface area contributed by atoms with Gasteiger partial charge in [-0.2, -0.15) is 0 Å². The van der Waals surface area contributed by atoms with Gasteiger partial charge in [-0.1, -0.05) is 98.3 Å². The number of rotatable bonds is 19. The lowest BCUT2D eigenvalue weighted by Crippen LogP contribution is -2.32. The zero-order valence-corrected chi connectivity index (χ0v) is 23.2. The number of hydrogen-bond acceptors (Lipinski definition) is 6. The third kappa shape index (κ3) is 17.6. The highest BCUT2D eigenvalue weighted by molar-refractivity contribution is 5.60. The van der Waals surface area contributed by atoms with Gasteiger partial charge in [-0.25, -0.2) is 9.59 Å². The van der Waals surface area contributed by atoms with Crippen LogP contribution in [0.2, 0.25) is 0 Å². The van der Waals surface area contributed by atoms with Crippen LogP contribution in [0.15, 0.2) is 0 Å². The molecule has 0 aromatic carbocycles. The fourth-order valence-electron chi connectivity index (χ4n) is 4.61. The Hall–Kier alpha value is -1.46. The van der Waals surface area contributed by atoms with Crippen molar-refractivity contribution < 1.29 is 28.5 Å². The quantitative estimate of drug-likeness (QED) is 0.131. The lowest BCUT2D eigenvalue weighted by Gasteiger charge is -2.28. The van der Waals surface area contributed by atoms with Gasteiger partial charge in [0.15, 0.2) is 0 Å². The Labute approximate surface area is 215 Å². The number of carbonyl (C=O) groups is 2. The van der Waals surface area contributed by atoms with Gasteiger partial charge in [-0.3, -0.25) is 0 Å². The molecule has 1 aliphatic carbocycles. The molecule has 0 saturated heterocycles. The van der Waals surface area contributed by atoms with E-state index in [9.17, 15) is 9.59 Å². The Morgan fingerprint density at radius 2 is 1.31 bits per heavy atom. The van der Waals surface area contributed by atoms with E-state index in [2.05, 4.69) is 27.7 Å². The molecule has 6 nitrogen and oxygen atoms in total. The van der Waals surface area contributed by atoms with E-state index in [0.717, 1.165) is 63.7 Å². The van der Waals surface area contributed by atoms with Crippen LogP contribution in [0, 0.1) is 11.8 Å². The minimum Gasteiger partial charge on any atom is -0.434 e. The summed E-state index contributed by atoms with van der Waals surface area (Å²) in [5, 5.41) is 0. The average molecular weight is 499 g/mol. The highest BCUT2D eigenvalue weighted by atomic mass is 16.7. The monoisotopic (exact) mass is 498 g/mol. The maximum Gasteiger partial charge on any atom is 0.508 e. The van der Waals surface area contributed by atoms with Gasteiger partial charge in [-0.05, 0) is 43.9 Å². The summed E-state index contributed by atoms with van der Waals surface area (Å²) in [5.41, 5.74) is 0. The molecular formula is C29H54O6. The van der Waals surface area contributed by atoms with Crippen molar-refractivity contribution in [3.63, 3.8) is 0 Å². The summed E-state index contributed by atoms with van der Waals surface area (Å²) in [6, 6.07) is 0. The first-order valence-corrected chi connectivity index (χ1v) is 14.6. The molecule has 0 amide bonds. The molecule has 0 bridgehead atoms. The van der Waals surface area contributed by atoms with E-state index in [0.29, 0.717) is 25.6 Å². The van der Waals surface area contributed by atoms with Crippen molar-refractivity contribution in [1.82, 2.24) is 0 Å². The molecule has 0 radical (unpaired) electrons. The molecule has 0 N–H and O–H groups in total. The molecule has 1 rings (SSSR count). The topological polar surface area (TPSA) is 71.1 Å². The lowest BCUT2D eigenvalue weighted by molar-refractivity contribution is -0.0374. The molecule has 0 aromatic heterocycles. The first-order valence-electron chi connectivity index (χ1n) is 14.6. The Bertz CT molecular complexity index is 535. The molecule has 0 aliphatic heterocycles. The van der Waals surface area contributed by atoms with E-state index in [1.54, 1.807) is 0 Å². The second kappa shape index (κ2) is 20.7. The Morgan fingerprint density at radius 1 is 0.743 bits per heavy atom. The van der Waals surface area contributed by atoms with Crippen LogP contribution in [0.3, 0.4) is 0 Å². The highest BCUT2D eigenvalue weighted by Crippen LogP contribution is 2.25. The van der Waals surface area contributed by atoms with E-state index in [-0.39, 0.29) is 12.2 Å². The van der Waals surface area contributed by atoms with Gasteiger partial charge < -0.3 is 18.9 Å². The normalized spacial score (nSPS) is 18.8. The van der Waals surface area contributed by atoms with Crippen LogP contribution in [-0.2, 0) is 18.9 Å². The summed E-state index contributed by atoms with van der Waals surface area (Å²) in [6.07, 6.45) is 16.6. The average Bonchev–Trinajstić information content (AvgIpc) is 2.82. The number of unbranched alkanes of at least 4 members (excludes halogenated alkanes) is 8. The zero-order valence-electron chi connectivity index (χ0n) is 23.2. The molecule has 0 aromatic rings. The van der Waals surface area contributed by atoms with Crippen LogP contribution in [0.5, 0.6) is 0 Å². The van der Waals surface area contributed by atoms with E-state index >= 15 is 0 Å². The fourth-order valence-corrected chi connectivity index (χ4v) is 4.61. The SMILES string of the molecule is CCCCC(CC)COC(=O)OC1CCCC(OC(=O)OCCCCCCCCCCC(C)C)C1. The van der Waals surface area contributed by atoms with Crippen molar-refractivity contribution in [3.05, 3.63) is 0 Å². The molecule has 0 spiro atoms. The summed E-state index contributed by atoms with van der Waals surface area (Å²) >= 11 is 0. The van der Waals surface area contributed by atoms with Crippen molar-refractivity contribution >= 4 is 12.3 Å². The number of carbonyl (C=O) groups excluding carboxylic acids is 2. The largest absolute Gasteiger partial charge is 0.508 e. The maximum atomic E-state index is 12.1. The summed E-state index contributed by atoms with van der Waals surface area (Å²) < 4.78 is 21.6. The van der Waals surface area contributed by atoms with Gasteiger partial charge in [0, 0.05) is 6.42 Å². The van der Waals surface area contributed by atoms with Crippen molar-refractivity contribution in [1.29, 1.82) is 0 Å². The van der Waals surface area contributed by atoms with Crippen LogP contribution in [0.4, 0.5) is 9.59 Å². The molecular weight excluding hydrogens is 444 g/mol. The third-order valence-electron chi connectivity index (χ3n) is 6.98. The Balaban J connectivity index is 2.07. The molecule has 3 unspecified atom stereocenters. The molecule has 1 fully saturated rings. The van der Waals surface area contributed by atoms with Gasteiger partial charge in [0.25, 0.3) is 0 Å². The van der Waals surface area contributed by atoms with E-state index in [1.165, 1.54) is 44.9 Å². The Kier molecular flexibility index (Phi) is 18.7. The van der Waals surface area contributed by atoms with E-state index < -0.39 is 12.3 Å². The molecule has 35 heavy (non-hydrogen) atoms. The molecule has 0 heterocycles. The lowest BCUT2D eigenvalue weighted by atomic mass is 9.95. The maximum absolute atomic E-state index is 12.1. The molecule has 3 atom stereocenters. The van der Waals surface area contributed by atoms with Gasteiger partial charge in [0.1, 0.15) is 12.2 Å². The summed E-state index contributed by atoms with van der Waals surface area (Å²) in [4.78, 5) is 24.1. The third-order valence-corrected chi connectivity index (χ3v) is 6.98. The van der Waals surface area contributed by atoms with Crippen LogP contribution in [-0.4, -0.2) is 37.7 Å². The van der Waals surface area contributed by atoms with Gasteiger partial charge in [0.2, 0.25) is 0 Å². The summed E-state index contributed by atoms with van der Waals surface area (Å²) in [7, 11) is 0. The van der Waals surface area contributed by atoms with Crippen LogP contribution >= 0.6 is 0 Å². The van der Waals surface area contributed by atoms with Gasteiger partial charge in [0.05, 0.1) is 13.2 Å². The van der Waals surface area contributed by atoms with Gasteiger partial charge >= 0.3 is 12.3 Å². The molecule has 206 valence electrons. The smallest absolute Gasteiger partial charge is 0.434 e. The fraction of sp³-hybridized carbons (Fsp3) is 0.931. The molecule has 1 saturated carbocycles. The second-order valence-electron chi connectivity index (χ2n) is 10.7. The van der Waals surface area contributed by atoms with Crippen LogP contribution < -0.4 is 0 Å². The first-order chi connectivity index (χ1) is 16.9. The second-order valence-corrected chi connectivity index (χ2v) is 10.7. The molecule has 1 aliphatic rings. The number of ether oxygens (including phenoxy) is 4. The minimum absolute atomic E-state index is 0.266. The molecule has 6 heteroatoms. The summed E-state index contributed by atoms with van der Waals surface area (Å²) in [5.74, 6) is 1.20. The van der Waals surface area contributed by atoms with E-state index in [1.807, 2.05) is 0 Å². The van der Waals surface area contributed by atoms with Crippen molar-refractivity contribution in [2.24, 2.45) is 11.8 Å². The van der Waals surface area contributed by atoms with E-state index in [4.69, 9.17) is 18.9 Å². The van der Waals surface area contributed by atoms with Crippen molar-refractivity contribution in [2.45, 2.75) is 149 Å². The zero-order chi connectivity index (χ0) is 25.7. The predicted molar refractivity (Wildman–Crippen MR) is 141 cm³/mol. The first kappa shape index (κ1) is 31.6. The van der Waals surface area contributed by atoms with Crippen LogP contribution in [0.1, 0.15) is 137 Å². The van der Waals surface area contributed by atoms with Crippen LogP contribution in [0.25, 0.3) is 0 Å². The van der Waals surface area contributed by atoms with Crippen molar-refractivity contribution in [3.8, 4) is 0 Å². The predicted octanol–water partition coefficient (Wildman–Crippen LogP) is 8.99. The summed E-state index contributed by atoms with van der Waals surface area (Å²) in [6.45, 7) is 9.67. The standard InChI is InChI=1S/C29H54O6/c1-5-7-18-25(6-2)23-33-29(31)35-27-20-16-19-26(22-27)34-28(30)32-21-15-13-11-9-8-10-12-14-17-24(3)4/h24-27H,5-23H2,1-4H3.